The minimum atomic E-state index is 0.329. The molecule has 0 aliphatic rings. The van der Waals surface area contributed by atoms with Crippen LogP contribution in [0.3, 0.4) is 0 Å². The molecule has 0 aliphatic carbocycles. The standard InChI is InChI=1S/C12H19NOS/c1-10(9-15)8-13-7-6-11-2-4-12(14)5-3-11/h2-5,10,13-15H,6-9H2,1H3. The number of hydrogen-bond donors (Lipinski definition) is 3. The Balaban J connectivity index is 2.17. The first-order valence-electron chi connectivity index (χ1n) is 5.32. The van der Waals surface area contributed by atoms with Crippen LogP contribution in [0.15, 0.2) is 24.3 Å². The average molecular weight is 225 g/mol. The number of thiol groups is 1. The van der Waals surface area contributed by atoms with Crippen LogP contribution in [0.1, 0.15) is 12.5 Å². The van der Waals surface area contributed by atoms with Crippen molar-refractivity contribution in [3.05, 3.63) is 29.8 Å². The molecule has 84 valence electrons. The van der Waals surface area contributed by atoms with Crippen LogP contribution in [-0.4, -0.2) is 23.9 Å². The SMILES string of the molecule is CC(CS)CNCCc1ccc(O)cc1. The summed E-state index contributed by atoms with van der Waals surface area (Å²) in [6.07, 6.45) is 1.000. The topological polar surface area (TPSA) is 32.3 Å². The fourth-order valence-electron chi connectivity index (χ4n) is 1.31. The van der Waals surface area contributed by atoms with Gasteiger partial charge in [-0.25, -0.2) is 0 Å². The molecule has 1 aromatic carbocycles. The van der Waals surface area contributed by atoms with E-state index in [1.807, 2.05) is 12.1 Å². The van der Waals surface area contributed by atoms with E-state index < -0.39 is 0 Å². The van der Waals surface area contributed by atoms with Gasteiger partial charge in [0.25, 0.3) is 0 Å². The van der Waals surface area contributed by atoms with E-state index in [2.05, 4.69) is 24.9 Å². The van der Waals surface area contributed by atoms with Crippen molar-refractivity contribution >= 4 is 12.6 Å². The zero-order chi connectivity index (χ0) is 11.1. The second kappa shape index (κ2) is 6.75. The molecule has 0 amide bonds. The molecule has 0 spiro atoms. The van der Waals surface area contributed by atoms with Gasteiger partial charge in [-0.2, -0.15) is 12.6 Å². The molecule has 1 rings (SSSR count). The highest BCUT2D eigenvalue weighted by atomic mass is 32.1. The third kappa shape index (κ3) is 5.09. The van der Waals surface area contributed by atoms with Gasteiger partial charge in [0, 0.05) is 0 Å². The van der Waals surface area contributed by atoms with Crippen molar-refractivity contribution in [3.8, 4) is 5.75 Å². The molecule has 0 aliphatic heterocycles. The predicted molar refractivity (Wildman–Crippen MR) is 67.7 cm³/mol. The number of rotatable bonds is 6. The molecule has 0 radical (unpaired) electrons. The number of nitrogens with one attached hydrogen (secondary N) is 1. The molecule has 2 N–H and O–H groups in total. The summed E-state index contributed by atoms with van der Waals surface area (Å²) in [5.41, 5.74) is 1.25. The molecule has 0 aromatic heterocycles. The predicted octanol–water partition coefficient (Wildman–Crippen LogP) is 2.09. The molecule has 3 heteroatoms. The summed E-state index contributed by atoms with van der Waals surface area (Å²) in [5, 5.41) is 12.5. The number of phenols is 1. The summed E-state index contributed by atoms with van der Waals surface area (Å²) in [7, 11) is 0. The lowest BCUT2D eigenvalue weighted by Gasteiger charge is -2.09. The first-order chi connectivity index (χ1) is 7.22. The number of benzene rings is 1. The number of aromatic hydroxyl groups is 1. The van der Waals surface area contributed by atoms with Crippen molar-refractivity contribution in [2.24, 2.45) is 5.92 Å². The van der Waals surface area contributed by atoms with Crippen molar-refractivity contribution in [1.29, 1.82) is 0 Å². The van der Waals surface area contributed by atoms with Crippen LogP contribution in [0.4, 0.5) is 0 Å². The molecule has 15 heavy (non-hydrogen) atoms. The maximum absolute atomic E-state index is 9.11. The number of hydrogen-bond acceptors (Lipinski definition) is 3. The monoisotopic (exact) mass is 225 g/mol. The fraction of sp³-hybridized carbons (Fsp3) is 0.500. The summed E-state index contributed by atoms with van der Waals surface area (Å²) in [4.78, 5) is 0. The molecule has 0 heterocycles. The molecule has 0 fully saturated rings. The van der Waals surface area contributed by atoms with Crippen molar-refractivity contribution in [2.45, 2.75) is 13.3 Å². The summed E-state index contributed by atoms with van der Waals surface area (Å²) in [5.74, 6) is 1.87. The minimum Gasteiger partial charge on any atom is -0.508 e. The van der Waals surface area contributed by atoms with Crippen LogP contribution in [0.2, 0.25) is 0 Å². The first-order valence-corrected chi connectivity index (χ1v) is 5.95. The summed E-state index contributed by atoms with van der Waals surface area (Å²) in [6, 6.07) is 7.37. The molecule has 0 saturated heterocycles. The Morgan fingerprint density at radius 2 is 2.00 bits per heavy atom. The minimum absolute atomic E-state index is 0.329. The van der Waals surface area contributed by atoms with E-state index in [-0.39, 0.29) is 0 Å². The molecular formula is C12H19NOS. The van der Waals surface area contributed by atoms with Gasteiger partial charge < -0.3 is 10.4 Å². The zero-order valence-corrected chi connectivity index (χ0v) is 10.0. The molecule has 1 aromatic rings. The van der Waals surface area contributed by atoms with E-state index >= 15 is 0 Å². The van der Waals surface area contributed by atoms with Crippen molar-refractivity contribution < 1.29 is 5.11 Å². The maximum Gasteiger partial charge on any atom is 0.115 e. The van der Waals surface area contributed by atoms with Gasteiger partial charge in [0.15, 0.2) is 0 Å². The van der Waals surface area contributed by atoms with Crippen LogP contribution in [-0.2, 0) is 6.42 Å². The van der Waals surface area contributed by atoms with E-state index in [9.17, 15) is 0 Å². The zero-order valence-electron chi connectivity index (χ0n) is 9.11. The van der Waals surface area contributed by atoms with Crippen molar-refractivity contribution in [1.82, 2.24) is 5.32 Å². The lowest BCUT2D eigenvalue weighted by molar-refractivity contribution is 0.475. The molecule has 0 saturated carbocycles. The van der Waals surface area contributed by atoms with Crippen molar-refractivity contribution in [3.63, 3.8) is 0 Å². The molecule has 1 unspecified atom stereocenters. The van der Waals surface area contributed by atoms with Crippen molar-refractivity contribution in [2.75, 3.05) is 18.8 Å². The van der Waals surface area contributed by atoms with Gasteiger partial charge >= 0.3 is 0 Å². The fourth-order valence-corrected chi connectivity index (χ4v) is 1.44. The highest BCUT2D eigenvalue weighted by Crippen LogP contribution is 2.09. The lowest BCUT2D eigenvalue weighted by Crippen LogP contribution is -2.24. The van der Waals surface area contributed by atoms with Gasteiger partial charge in [-0.05, 0) is 48.9 Å². The molecule has 0 bridgehead atoms. The van der Waals surface area contributed by atoms with Crippen LogP contribution < -0.4 is 5.32 Å². The third-order valence-electron chi connectivity index (χ3n) is 2.33. The van der Waals surface area contributed by atoms with Gasteiger partial charge in [-0.3, -0.25) is 0 Å². The van der Waals surface area contributed by atoms with E-state index in [1.54, 1.807) is 12.1 Å². The van der Waals surface area contributed by atoms with Gasteiger partial charge in [-0.15, -0.1) is 0 Å². The van der Waals surface area contributed by atoms with E-state index in [1.165, 1.54) is 5.56 Å². The Morgan fingerprint density at radius 3 is 2.60 bits per heavy atom. The number of phenolic OH excluding ortho intramolecular Hbond substituents is 1. The van der Waals surface area contributed by atoms with Gasteiger partial charge in [0.05, 0.1) is 0 Å². The van der Waals surface area contributed by atoms with Gasteiger partial charge in [0.1, 0.15) is 5.75 Å². The normalized spacial score (nSPS) is 12.7. The summed E-state index contributed by atoms with van der Waals surface area (Å²) in [6.45, 7) is 4.17. The van der Waals surface area contributed by atoms with E-state index in [0.29, 0.717) is 11.7 Å². The van der Waals surface area contributed by atoms with E-state index in [0.717, 1.165) is 25.3 Å². The lowest BCUT2D eigenvalue weighted by atomic mass is 10.1. The highest BCUT2D eigenvalue weighted by molar-refractivity contribution is 7.80. The van der Waals surface area contributed by atoms with Gasteiger partial charge in [-0.1, -0.05) is 19.1 Å². The average Bonchev–Trinajstić information content (AvgIpc) is 2.26. The smallest absolute Gasteiger partial charge is 0.115 e. The van der Waals surface area contributed by atoms with E-state index in [4.69, 9.17) is 5.11 Å². The van der Waals surface area contributed by atoms with Crippen LogP contribution in [0.5, 0.6) is 5.75 Å². The summed E-state index contributed by atoms with van der Waals surface area (Å²) < 4.78 is 0. The van der Waals surface area contributed by atoms with Crippen LogP contribution >= 0.6 is 12.6 Å². The molecule has 1 atom stereocenters. The summed E-state index contributed by atoms with van der Waals surface area (Å²) >= 11 is 4.23. The second-order valence-electron chi connectivity index (χ2n) is 3.91. The van der Waals surface area contributed by atoms with Crippen LogP contribution in [0, 0.1) is 5.92 Å². The Kier molecular flexibility index (Phi) is 5.58. The maximum atomic E-state index is 9.11. The largest absolute Gasteiger partial charge is 0.508 e. The Labute approximate surface area is 97.1 Å². The van der Waals surface area contributed by atoms with Gasteiger partial charge in [0.2, 0.25) is 0 Å². The second-order valence-corrected chi connectivity index (χ2v) is 4.27. The first kappa shape index (κ1) is 12.4. The molecular weight excluding hydrogens is 206 g/mol. The molecule has 2 nitrogen and oxygen atoms in total. The Morgan fingerprint density at radius 1 is 1.33 bits per heavy atom. The third-order valence-corrected chi connectivity index (χ3v) is 2.95. The van der Waals surface area contributed by atoms with Crippen LogP contribution in [0.25, 0.3) is 0 Å². The Hall–Kier alpha value is -0.670. The Bertz CT molecular complexity index is 273. The quantitative estimate of drug-likeness (QED) is 0.512. The highest BCUT2D eigenvalue weighted by Gasteiger charge is 1.98.